The zero-order chi connectivity index (χ0) is 25.4. The Balaban J connectivity index is 1.57. The van der Waals surface area contributed by atoms with Gasteiger partial charge in [-0.2, -0.15) is 5.10 Å². The summed E-state index contributed by atoms with van der Waals surface area (Å²) < 4.78 is 11.2. The number of carbonyl (C=O) groups is 1. The number of nitrogens with one attached hydrogen (secondary N) is 1. The minimum Gasteiger partial charge on any atom is -0.454 e. The van der Waals surface area contributed by atoms with Crippen LogP contribution in [0.15, 0.2) is 65.8 Å². The van der Waals surface area contributed by atoms with Crippen LogP contribution < -0.4 is 14.8 Å². The van der Waals surface area contributed by atoms with Gasteiger partial charge in [-0.05, 0) is 62.6 Å². The number of aryl methyl sites for hydroxylation is 1. The number of rotatable bonds is 4. The number of benzene rings is 3. The molecule has 0 unspecified atom stereocenters. The maximum atomic E-state index is 13.5. The minimum absolute atomic E-state index is 0.0264. The van der Waals surface area contributed by atoms with Gasteiger partial charge in [-0.3, -0.25) is 10.1 Å². The van der Waals surface area contributed by atoms with Gasteiger partial charge in [0.25, 0.3) is 5.69 Å². The first-order valence-corrected chi connectivity index (χ1v) is 11.7. The fourth-order valence-corrected chi connectivity index (χ4v) is 4.58. The van der Waals surface area contributed by atoms with E-state index in [-0.39, 0.29) is 30.6 Å². The SMILES string of the molecule is Cc1cc(C2=NN(C(=O)N[C@@H](C)c3ccccc3)[C@@H](C)Cc3cc4c(cc32)OCO4)ccc1[N+](=O)[O-]. The highest BCUT2D eigenvalue weighted by Gasteiger charge is 2.31. The molecule has 0 fully saturated rings. The van der Waals surface area contributed by atoms with Crippen LogP contribution in [0.25, 0.3) is 0 Å². The summed E-state index contributed by atoms with van der Waals surface area (Å²) in [6.07, 6.45) is 0.540. The molecule has 0 spiro atoms. The van der Waals surface area contributed by atoms with E-state index in [9.17, 15) is 14.9 Å². The summed E-state index contributed by atoms with van der Waals surface area (Å²) in [5.74, 6) is 1.25. The summed E-state index contributed by atoms with van der Waals surface area (Å²) in [6.45, 7) is 5.69. The fourth-order valence-electron chi connectivity index (χ4n) is 4.58. The Bertz CT molecular complexity index is 1370. The number of carbonyl (C=O) groups excluding carboxylic acids is 1. The molecule has 2 aliphatic heterocycles. The predicted octanol–water partition coefficient (Wildman–Crippen LogP) is 5.10. The Morgan fingerprint density at radius 2 is 1.86 bits per heavy atom. The van der Waals surface area contributed by atoms with E-state index < -0.39 is 4.92 Å². The van der Waals surface area contributed by atoms with Crippen LogP contribution in [0.2, 0.25) is 0 Å². The van der Waals surface area contributed by atoms with Crippen molar-refractivity contribution in [2.75, 3.05) is 6.79 Å². The maximum Gasteiger partial charge on any atom is 0.338 e. The molecule has 3 aromatic carbocycles. The number of urea groups is 1. The van der Waals surface area contributed by atoms with Gasteiger partial charge in [-0.25, -0.2) is 9.80 Å². The summed E-state index contributed by atoms with van der Waals surface area (Å²) in [5.41, 5.74) is 4.47. The Kier molecular flexibility index (Phi) is 6.05. The highest BCUT2D eigenvalue weighted by molar-refractivity contribution is 6.14. The number of fused-ring (bicyclic) bond motifs is 2. The number of nitro benzene ring substituents is 1. The third-order valence-corrected chi connectivity index (χ3v) is 6.51. The number of hydrogen-bond acceptors (Lipinski definition) is 6. The van der Waals surface area contributed by atoms with Crippen molar-refractivity contribution in [3.63, 3.8) is 0 Å². The van der Waals surface area contributed by atoms with E-state index in [1.807, 2.05) is 56.3 Å². The van der Waals surface area contributed by atoms with Gasteiger partial charge in [0.2, 0.25) is 6.79 Å². The first kappa shape index (κ1) is 23.3. The van der Waals surface area contributed by atoms with Crippen molar-refractivity contribution in [3.05, 3.63) is 98.6 Å². The maximum absolute atomic E-state index is 13.5. The summed E-state index contributed by atoms with van der Waals surface area (Å²) >= 11 is 0. The number of amides is 2. The van der Waals surface area contributed by atoms with Gasteiger partial charge in [0.15, 0.2) is 11.5 Å². The van der Waals surface area contributed by atoms with Crippen LogP contribution >= 0.6 is 0 Å². The van der Waals surface area contributed by atoms with E-state index in [1.54, 1.807) is 19.1 Å². The highest BCUT2D eigenvalue weighted by atomic mass is 16.7. The van der Waals surface area contributed by atoms with Gasteiger partial charge < -0.3 is 14.8 Å². The first-order chi connectivity index (χ1) is 17.3. The third-order valence-electron chi connectivity index (χ3n) is 6.51. The summed E-state index contributed by atoms with van der Waals surface area (Å²) in [5, 5.41) is 20.7. The molecule has 184 valence electrons. The Morgan fingerprint density at radius 1 is 1.14 bits per heavy atom. The zero-order valence-electron chi connectivity index (χ0n) is 20.2. The smallest absolute Gasteiger partial charge is 0.338 e. The Morgan fingerprint density at radius 3 is 2.56 bits per heavy atom. The van der Waals surface area contributed by atoms with Crippen molar-refractivity contribution in [1.29, 1.82) is 0 Å². The molecule has 2 amide bonds. The van der Waals surface area contributed by atoms with E-state index >= 15 is 0 Å². The number of nitrogens with zero attached hydrogens (tertiary/aromatic N) is 3. The van der Waals surface area contributed by atoms with Crippen LogP contribution in [0.3, 0.4) is 0 Å². The van der Waals surface area contributed by atoms with Gasteiger partial charge in [-0.1, -0.05) is 30.3 Å². The number of nitro groups is 1. The lowest BCUT2D eigenvalue weighted by atomic mass is 9.93. The van der Waals surface area contributed by atoms with Crippen molar-refractivity contribution in [2.24, 2.45) is 5.10 Å². The summed E-state index contributed by atoms with van der Waals surface area (Å²) in [6, 6.07) is 17.6. The van der Waals surface area contributed by atoms with E-state index in [0.717, 1.165) is 16.7 Å². The lowest BCUT2D eigenvalue weighted by molar-refractivity contribution is -0.385. The Labute approximate surface area is 208 Å². The second-order valence-electron chi connectivity index (χ2n) is 9.05. The fraction of sp³-hybridized carbons (Fsp3) is 0.259. The van der Waals surface area contributed by atoms with E-state index in [4.69, 9.17) is 14.6 Å². The van der Waals surface area contributed by atoms with E-state index in [1.165, 1.54) is 11.1 Å². The monoisotopic (exact) mass is 486 g/mol. The van der Waals surface area contributed by atoms with Crippen LogP contribution in [0.4, 0.5) is 10.5 Å². The quantitative estimate of drug-likeness (QED) is 0.408. The molecule has 2 aliphatic rings. The van der Waals surface area contributed by atoms with Crippen molar-refractivity contribution >= 4 is 17.4 Å². The molecular weight excluding hydrogens is 460 g/mol. The zero-order valence-corrected chi connectivity index (χ0v) is 20.2. The Hall–Kier alpha value is -4.40. The van der Waals surface area contributed by atoms with Gasteiger partial charge in [0.05, 0.1) is 22.7 Å². The first-order valence-electron chi connectivity index (χ1n) is 11.7. The standard InChI is InChI=1S/C27H26N4O5/c1-16-11-20(9-10-23(16)31(33)34)26-22-14-25-24(35-15-36-25)13-21(22)12-17(2)30(29-26)27(32)28-18(3)19-7-5-4-6-8-19/h4-11,13-14,17-18H,12,15H2,1-3H3,(H,28,32)/t17-,18-/m0/s1. The lowest BCUT2D eigenvalue weighted by Crippen LogP contribution is -2.43. The molecular formula is C27H26N4O5. The molecule has 9 heteroatoms. The molecule has 0 saturated heterocycles. The average Bonchev–Trinajstić information content (AvgIpc) is 3.26. The lowest BCUT2D eigenvalue weighted by Gasteiger charge is -2.26. The molecule has 0 saturated carbocycles. The van der Waals surface area contributed by atoms with Crippen LogP contribution in [0.5, 0.6) is 11.5 Å². The van der Waals surface area contributed by atoms with Crippen LogP contribution in [0.1, 0.15) is 47.7 Å². The van der Waals surface area contributed by atoms with Crippen LogP contribution in [-0.2, 0) is 6.42 Å². The van der Waals surface area contributed by atoms with Crippen LogP contribution in [0, 0.1) is 17.0 Å². The number of hydrazone groups is 1. The molecule has 2 heterocycles. The summed E-state index contributed by atoms with van der Waals surface area (Å²) in [7, 11) is 0. The predicted molar refractivity (Wildman–Crippen MR) is 134 cm³/mol. The molecule has 0 aliphatic carbocycles. The topological polar surface area (TPSA) is 106 Å². The molecule has 36 heavy (non-hydrogen) atoms. The van der Waals surface area contributed by atoms with Crippen molar-refractivity contribution in [3.8, 4) is 11.5 Å². The molecule has 0 radical (unpaired) electrons. The highest BCUT2D eigenvalue weighted by Crippen LogP contribution is 2.38. The molecule has 5 rings (SSSR count). The molecule has 3 aromatic rings. The molecule has 0 bridgehead atoms. The molecule has 1 N–H and O–H groups in total. The number of hydrogen-bond donors (Lipinski definition) is 1. The normalized spacial score (nSPS) is 17.0. The van der Waals surface area contributed by atoms with E-state index in [2.05, 4.69) is 5.32 Å². The van der Waals surface area contributed by atoms with Crippen molar-refractivity contribution in [1.82, 2.24) is 10.3 Å². The van der Waals surface area contributed by atoms with Gasteiger partial charge >= 0.3 is 6.03 Å². The minimum atomic E-state index is -0.410. The number of ether oxygens (including phenoxy) is 2. The van der Waals surface area contributed by atoms with E-state index in [0.29, 0.717) is 34.8 Å². The molecule has 2 atom stereocenters. The van der Waals surface area contributed by atoms with Gasteiger partial charge in [0, 0.05) is 22.8 Å². The van der Waals surface area contributed by atoms with Gasteiger partial charge in [-0.15, -0.1) is 0 Å². The van der Waals surface area contributed by atoms with Crippen molar-refractivity contribution in [2.45, 2.75) is 39.3 Å². The average molecular weight is 487 g/mol. The third kappa shape index (κ3) is 4.35. The van der Waals surface area contributed by atoms with Gasteiger partial charge in [0.1, 0.15) is 0 Å². The molecule has 0 aromatic heterocycles. The van der Waals surface area contributed by atoms with Crippen molar-refractivity contribution < 1.29 is 19.2 Å². The molecule has 9 nitrogen and oxygen atoms in total. The second-order valence-corrected chi connectivity index (χ2v) is 9.05. The van der Waals surface area contributed by atoms with Crippen LogP contribution in [-0.4, -0.2) is 34.5 Å². The largest absolute Gasteiger partial charge is 0.454 e. The second kappa shape index (κ2) is 9.33. The summed E-state index contributed by atoms with van der Waals surface area (Å²) in [4.78, 5) is 24.4.